The van der Waals surface area contributed by atoms with Crippen molar-refractivity contribution < 1.29 is 5.21 Å². The molecule has 0 aromatic carbocycles. The second-order valence-corrected chi connectivity index (χ2v) is 4.59. The van der Waals surface area contributed by atoms with Gasteiger partial charge in [0.2, 0.25) is 0 Å². The molecule has 0 saturated heterocycles. The fourth-order valence-electron chi connectivity index (χ4n) is 1.98. The van der Waals surface area contributed by atoms with Crippen molar-refractivity contribution in [3.63, 3.8) is 0 Å². The molecule has 6 nitrogen and oxygen atoms in total. The molecule has 0 aliphatic heterocycles. The fraction of sp³-hybridized carbons (Fsp3) is 0.571. The van der Waals surface area contributed by atoms with Gasteiger partial charge in [0.1, 0.15) is 5.69 Å². The molecule has 0 fully saturated rings. The summed E-state index contributed by atoms with van der Waals surface area (Å²) in [7, 11) is 0. The second kappa shape index (κ2) is 9.28. The number of amidine groups is 1. The summed E-state index contributed by atoms with van der Waals surface area (Å²) in [5.74, 6) is 0.0355. The lowest BCUT2D eigenvalue weighted by molar-refractivity contribution is 0.298. The first-order valence-electron chi connectivity index (χ1n) is 7.07. The van der Waals surface area contributed by atoms with Gasteiger partial charge in [-0.1, -0.05) is 19.0 Å². The molecule has 1 aromatic rings. The van der Waals surface area contributed by atoms with Gasteiger partial charge < -0.3 is 21.2 Å². The maximum absolute atomic E-state index is 8.63. The van der Waals surface area contributed by atoms with Crippen molar-refractivity contribution in [3.05, 3.63) is 29.6 Å². The van der Waals surface area contributed by atoms with Crippen molar-refractivity contribution in [2.45, 2.75) is 26.8 Å². The number of hydrogen-bond acceptors (Lipinski definition) is 5. The van der Waals surface area contributed by atoms with Gasteiger partial charge in [-0.25, -0.2) is 0 Å². The average molecular weight is 279 g/mol. The Kier molecular flexibility index (Phi) is 7.60. The highest BCUT2D eigenvalue weighted by molar-refractivity contribution is 5.95. The first-order valence-corrected chi connectivity index (χ1v) is 7.07. The van der Waals surface area contributed by atoms with Crippen molar-refractivity contribution in [2.24, 2.45) is 10.9 Å². The quantitative estimate of drug-likeness (QED) is 0.206. The number of nitrogens with two attached hydrogens (primary N) is 1. The summed E-state index contributed by atoms with van der Waals surface area (Å²) in [5.41, 5.74) is 7.08. The molecule has 0 unspecified atom stereocenters. The predicted octanol–water partition coefficient (Wildman–Crippen LogP) is 0.998. The minimum Gasteiger partial charge on any atom is -0.409 e. The van der Waals surface area contributed by atoms with Crippen molar-refractivity contribution in [1.82, 2.24) is 15.2 Å². The number of oxime groups is 1. The van der Waals surface area contributed by atoms with Crippen LogP contribution in [0, 0.1) is 0 Å². The molecule has 0 bridgehead atoms. The number of hydrogen-bond donors (Lipinski definition) is 3. The highest BCUT2D eigenvalue weighted by atomic mass is 16.4. The molecule has 0 atom stereocenters. The van der Waals surface area contributed by atoms with E-state index in [1.807, 2.05) is 12.1 Å². The minimum absolute atomic E-state index is 0.0355. The summed E-state index contributed by atoms with van der Waals surface area (Å²) < 4.78 is 0. The first-order chi connectivity index (χ1) is 9.71. The van der Waals surface area contributed by atoms with Crippen LogP contribution in [0.3, 0.4) is 0 Å². The van der Waals surface area contributed by atoms with Crippen molar-refractivity contribution in [1.29, 1.82) is 0 Å². The number of aromatic nitrogens is 1. The van der Waals surface area contributed by atoms with Crippen LogP contribution < -0.4 is 11.1 Å². The van der Waals surface area contributed by atoms with Gasteiger partial charge in [-0.15, -0.1) is 0 Å². The molecule has 0 amide bonds. The lowest BCUT2D eigenvalue weighted by Gasteiger charge is -2.17. The van der Waals surface area contributed by atoms with Gasteiger partial charge in [-0.3, -0.25) is 4.98 Å². The third-order valence-electron chi connectivity index (χ3n) is 3.25. The Bertz CT molecular complexity index is 418. The van der Waals surface area contributed by atoms with Gasteiger partial charge in [0.25, 0.3) is 0 Å². The van der Waals surface area contributed by atoms with Crippen LogP contribution >= 0.6 is 0 Å². The number of pyridine rings is 1. The summed E-state index contributed by atoms with van der Waals surface area (Å²) >= 11 is 0. The topological polar surface area (TPSA) is 86.8 Å². The smallest absolute Gasteiger partial charge is 0.188 e. The lowest BCUT2D eigenvalue weighted by Crippen LogP contribution is -2.27. The molecule has 4 N–H and O–H groups in total. The van der Waals surface area contributed by atoms with Crippen LogP contribution in [0.25, 0.3) is 0 Å². The Labute approximate surface area is 120 Å². The minimum atomic E-state index is 0.0355. The van der Waals surface area contributed by atoms with Gasteiger partial charge in [-0.05, 0) is 50.3 Å². The van der Waals surface area contributed by atoms with E-state index in [-0.39, 0.29) is 5.84 Å². The van der Waals surface area contributed by atoms with E-state index in [1.165, 1.54) is 0 Å². The highest BCUT2D eigenvalue weighted by Gasteiger charge is 2.02. The van der Waals surface area contributed by atoms with Crippen LogP contribution in [0.15, 0.2) is 23.5 Å². The molecular formula is C14H25N5O. The average Bonchev–Trinajstić information content (AvgIpc) is 2.50. The third-order valence-corrected chi connectivity index (χ3v) is 3.25. The third kappa shape index (κ3) is 5.54. The molecule has 0 aliphatic carbocycles. The normalized spacial score (nSPS) is 12.1. The van der Waals surface area contributed by atoms with E-state index in [2.05, 4.69) is 34.2 Å². The summed E-state index contributed by atoms with van der Waals surface area (Å²) in [5, 5.41) is 15.0. The molecular weight excluding hydrogens is 254 g/mol. The Morgan fingerprint density at radius 3 is 2.85 bits per heavy atom. The summed E-state index contributed by atoms with van der Waals surface area (Å²) in [4.78, 5) is 6.46. The number of nitrogens with zero attached hydrogens (tertiary/aromatic N) is 3. The molecule has 0 spiro atoms. The highest BCUT2D eigenvalue weighted by Crippen LogP contribution is 2.01. The summed E-state index contributed by atoms with van der Waals surface area (Å²) in [6.45, 7) is 9.41. The van der Waals surface area contributed by atoms with Crippen LogP contribution in [-0.2, 0) is 6.54 Å². The van der Waals surface area contributed by atoms with Crippen LogP contribution in [0.2, 0.25) is 0 Å². The van der Waals surface area contributed by atoms with E-state index in [9.17, 15) is 0 Å². The summed E-state index contributed by atoms with van der Waals surface area (Å²) in [6, 6.07) is 3.75. The molecule has 6 heteroatoms. The number of rotatable bonds is 9. The monoisotopic (exact) mass is 279 g/mol. The maximum Gasteiger partial charge on any atom is 0.188 e. The van der Waals surface area contributed by atoms with E-state index in [0.29, 0.717) is 5.69 Å². The lowest BCUT2D eigenvalue weighted by atomic mass is 10.2. The van der Waals surface area contributed by atoms with Crippen LogP contribution in [0.4, 0.5) is 0 Å². The molecule has 0 saturated carbocycles. The zero-order valence-electron chi connectivity index (χ0n) is 12.3. The van der Waals surface area contributed by atoms with E-state index in [4.69, 9.17) is 10.9 Å². The molecule has 0 radical (unpaired) electrons. The van der Waals surface area contributed by atoms with Crippen molar-refractivity contribution in [2.75, 3.05) is 26.2 Å². The molecule has 1 rings (SSSR count). The van der Waals surface area contributed by atoms with Gasteiger partial charge >= 0.3 is 0 Å². The van der Waals surface area contributed by atoms with Gasteiger partial charge in [0, 0.05) is 12.7 Å². The summed E-state index contributed by atoms with van der Waals surface area (Å²) in [6.07, 6.45) is 2.79. The standard InChI is InChI=1S/C14H25N5O/c1-3-19(4-2)9-5-7-16-11-12-6-8-17-13(10-12)14(15)18-20/h6,8,10,16,20H,3-5,7,9,11H2,1-2H3,(H2,15,18). The van der Waals surface area contributed by atoms with E-state index in [1.54, 1.807) is 6.20 Å². The Morgan fingerprint density at radius 2 is 2.20 bits per heavy atom. The van der Waals surface area contributed by atoms with Crippen molar-refractivity contribution >= 4 is 5.84 Å². The molecule has 20 heavy (non-hydrogen) atoms. The maximum atomic E-state index is 8.63. The van der Waals surface area contributed by atoms with E-state index < -0.39 is 0 Å². The SMILES string of the molecule is CCN(CC)CCCNCc1ccnc(C(N)=NO)c1. The van der Waals surface area contributed by atoms with Gasteiger partial charge in [0.15, 0.2) is 5.84 Å². The first kappa shape index (κ1) is 16.4. The molecule has 0 aliphatic rings. The van der Waals surface area contributed by atoms with Crippen LogP contribution in [0.5, 0.6) is 0 Å². The van der Waals surface area contributed by atoms with Crippen LogP contribution in [-0.4, -0.2) is 47.1 Å². The zero-order chi connectivity index (χ0) is 14.8. The zero-order valence-corrected chi connectivity index (χ0v) is 12.3. The van der Waals surface area contributed by atoms with E-state index in [0.717, 1.165) is 44.7 Å². The van der Waals surface area contributed by atoms with Crippen molar-refractivity contribution in [3.8, 4) is 0 Å². The van der Waals surface area contributed by atoms with Crippen LogP contribution in [0.1, 0.15) is 31.5 Å². The Hall–Kier alpha value is -1.66. The fourth-order valence-corrected chi connectivity index (χ4v) is 1.98. The Morgan fingerprint density at radius 1 is 1.45 bits per heavy atom. The predicted molar refractivity (Wildman–Crippen MR) is 80.9 cm³/mol. The van der Waals surface area contributed by atoms with E-state index >= 15 is 0 Å². The largest absolute Gasteiger partial charge is 0.409 e. The second-order valence-electron chi connectivity index (χ2n) is 4.59. The number of nitrogens with one attached hydrogen (secondary N) is 1. The molecule has 112 valence electrons. The Balaban J connectivity index is 2.32. The molecule has 1 heterocycles. The molecule has 1 aromatic heterocycles. The van der Waals surface area contributed by atoms with Gasteiger partial charge in [-0.2, -0.15) is 0 Å². The van der Waals surface area contributed by atoms with Gasteiger partial charge in [0.05, 0.1) is 0 Å².